The molecule has 0 saturated heterocycles. The first-order chi connectivity index (χ1) is 9.22. The fraction of sp³-hybridized carbons (Fsp3) is 0.143. The second-order valence-electron chi connectivity index (χ2n) is 3.75. The molecule has 0 radical (unpaired) electrons. The van der Waals surface area contributed by atoms with Gasteiger partial charge < -0.3 is 15.2 Å². The number of pyridine rings is 1. The molecule has 0 atom stereocenters. The molecule has 1 heterocycles. The molecule has 5 nitrogen and oxygen atoms in total. The predicted octanol–water partition coefficient (Wildman–Crippen LogP) is 2.44. The maximum Gasteiger partial charge on any atom is 0.278 e. The van der Waals surface area contributed by atoms with Crippen molar-refractivity contribution in [1.29, 1.82) is 0 Å². The smallest absolute Gasteiger partial charge is 0.278 e. The van der Waals surface area contributed by atoms with E-state index in [1.54, 1.807) is 24.3 Å². The Bertz CT molecular complexity index is 584. The minimum atomic E-state index is -0.481. The summed E-state index contributed by atoms with van der Waals surface area (Å²) in [5.41, 5.74) is 0.521. The molecule has 19 heavy (non-hydrogen) atoms. The van der Waals surface area contributed by atoms with Gasteiger partial charge in [0.25, 0.3) is 5.91 Å². The van der Waals surface area contributed by atoms with Gasteiger partial charge in [0.2, 0.25) is 0 Å². The number of nitrogens with one attached hydrogen (secondary N) is 1. The normalized spacial score (nSPS) is 9.95. The van der Waals surface area contributed by atoms with Crippen molar-refractivity contribution in [2.24, 2.45) is 0 Å². The first-order valence-electron chi connectivity index (χ1n) is 5.89. The molecule has 1 amide bonds. The van der Waals surface area contributed by atoms with Gasteiger partial charge >= 0.3 is 0 Å². The molecule has 2 N–H and O–H groups in total. The van der Waals surface area contributed by atoms with Gasteiger partial charge in [-0.05, 0) is 31.2 Å². The van der Waals surface area contributed by atoms with Crippen LogP contribution >= 0.6 is 0 Å². The van der Waals surface area contributed by atoms with Crippen molar-refractivity contribution < 1.29 is 14.6 Å². The highest BCUT2D eigenvalue weighted by atomic mass is 16.5. The number of hydrogen-bond acceptors (Lipinski definition) is 4. The number of ether oxygens (including phenoxy) is 1. The number of carbonyl (C=O) groups is 1. The van der Waals surface area contributed by atoms with E-state index in [0.717, 1.165) is 0 Å². The summed E-state index contributed by atoms with van der Waals surface area (Å²) in [5, 5.41) is 12.2. The molecule has 0 bridgehead atoms. The van der Waals surface area contributed by atoms with Gasteiger partial charge in [-0.25, -0.2) is 4.98 Å². The zero-order valence-corrected chi connectivity index (χ0v) is 10.5. The van der Waals surface area contributed by atoms with Gasteiger partial charge in [0.15, 0.2) is 5.69 Å². The highest BCUT2D eigenvalue weighted by Gasteiger charge is 2.14. The van der Waals surface area contributed by atoms with Crippen molar-refractivity contribution in [3.8, 4) is 11.5 Å². The van der Waals surface area contributed by atoms with Crippen LogP contribution in [0.3, 0.4) is 0 Å². The van der Waals surface area contributed by atoms with E-state index >= 15 is 0 Å². The lowest BCUT2D eigenvalue weighted by atomic mass is 10.2. The Hall–Kier alpha value is -2.56. The second-order valence-corrected chi connectivity index (χ2v) is 3.75. The van der Waals surface area contributed by atoms with Crippen LogP contribution in [0.1, 0.15) is 17.4 Å². The Morgan fingerprint density at radius 1 is 1.32 bits per heavy atom. The Labute approximate surface area is 110 Å². The largest absolute Gasteiger partial charge is 0.505 e. The molecular formula is C14H14N2O3. The molecule has 5 heteroatoms. The third kappa shape index (κ3) is 3.01. The van der Waals surface area contributed by atoms with Crippen LogP contribution in [0.2, 0.25) is 0 Å². The summed E-state index contributed by atoms with van der Waals surface area (Å²) < 4.78 is 5.41. The number of aromatic hydroxyl groups is 1. The van der Waals surface area contributed by atoms with Gasteiger partial charge in [-0.2, -0.15) is 0 Å². The highest BCUT2D eigenvalue weighted by molar-refractivity contribution is 6.05. The Morgan fingerprint density at radius 3 is 2.84 bits per heavy atom. The van der Waals surface area contributed by atoms with Gasteiger partial charge in [0.05, 0.1) is 12.3 Å². The number of para-hydroxylation sites is 2. The maximum atomic E-state index is 12.0. The van der Waals surface area contributed by atoms with Crippen LogP contribution in [0.15, 0.2) is 42.6 Å². The summed E-state index contributed by atoms with van der Waals surface area (Å²) in [5.74, 6) is -0.0621. The lowest BCUT2D eigenvalue weighted by Crippen LogP contribution is -2.14. The van der Waals surface area contributed by atoms with Gasteiger partial charge in [0, 0.05) is 6.20 Å². The van der Waals surface area contributed by atoms with Crippen LogP contribution < -0.4 is 10.1 Å². The lowest BCUT2D eigenvalue weighted by molar-refractivity contribution is 0.101. The molecule has 0 aliphatic carbocycles. The van der Waals surface area contributed by atoms with Crippen molar-refractivity contribution in [3.05, 3.63) is 48.3 Å². The molecule has 0 unspecified atom stereocenters. The van der Waals surface area contributed by atoms with Crippen LogP contribution in [-0.2, 0) is 0 Å². The number of rotatable bonds is 4. The molecule has 2 rings (SSSR count). The van der Waals surface area contributed by atoms with Crippen LogP contribution in [0.25, 0.3) is 0 Å². The standard InChI is InChI=1S/C14H14N2O3/c1-2-19-12-8-4-3-6-10(12)16-14(18)13-11(17)7-5-9-15-13/h3-9,17H,2H2,1H3,(H,16,18). The molecule has 1 aromatic heterocycles. The Kier molecular flexibility index (Phi) is 3.97. The van der Waals surface area contributed by atoms with Crippen molar-refractivity contribution in [1.82, 2.24) is 4.98 Å². The van der Waals surface area contributed by atoms with Crippen molar-refractivity contribution in [3.63, 3.8) is 0 Å². The molecule has 2 aromatic rings. The van der Waals surface area contributed by atoms with Crippen LogP contribution in [-0.4, -0.2) is 22.6 Å². The molecule has 0 aliphatic rings. The summed E-state index contributed by atoms with van der Waals surface area (Å²) in [6, 6.07) is 10.1. The number of carbonyl (C=O) groups excluding carboxylic acids is 1. The number of hydrogen-bond donors (Lipinski definition) is 2. The molecule has 0 fully saturated rings. The molecule has 0 spiro atoms. The fourth-order valence-electron chi connectivity index (χ4n) is 1.60. The molecule has 0 aliphatic heterocycles. The van der Waals surface area contributed by atoms with E-state index < -0.39 is 5.91 Å². The monoisotopic (exact) mass is 258 g/mol. The average Bonchev–Trinajstić information content (AvgIpc) is 2.41. The van der Waals surface area contributed by atoms with E-state index in [1.807, 2.05) is 13.0 Å². The fourth-order valence-corrected chi connectivity index (χ4v) is 1.60. The first-order valence-corrected chi connectivity index (χ1v) is 5.89. The molecule has 1 aromatic carbocycles. The third-order valence-corrected chi connectivity index (χ3v) is 2.44. The third-order valence-electron chi connectivity index (χ3n) is 2.44. The summed E-state index contributed by atoms with van der Waals surface area (Å²) in [6.07, 6.45) is 1.45. The van der Waals surface area contributed by atoms with Gasteiger partial charge in [-0.1, -0.05) is 12.1 Å². The summed E-state index contributed by atoms with van der Waals surface area (Å²) >= 11 is 0. The topological polar surface area (TPSA) is 71.5 Å². The van der Waals surface area contributed by atoms with Crippen LogP contribution in [0.4, 0.5) is 5.69 Å². The zero-order chi connectivity index (χ0) is 13.7. The van der Waals surface area contributed by atoms with Crippen molar-refractivity contribution in [2.75, 3.05) is 11.9 Å². The van der Waals surface area contributed by atoms with Crippen molar-refractivity contribution in [2.45, 2.75) is 6.92 Å². The number of anilines is 1. The average molecular weight is 258 g/mol. The van der Waals surface area contributed by atoms with E-state index in [0.29, 0.717) is 18.0 Å². The van der Waals surface area contributed by atoms with E-state index in [1.165, 1.54) is 12.3 Å². The number of amides is 1. The predicted molar refractivity (Wildman–Crippen MR) is 71.5 cm³/mol. The number of benzene rings is 1. The van der Waals surface area contributed by atoms with E-state index in [-0.39, 0.29) is 11.4 Å². The quantitative estimate of drug-likeness (QED) is 0.883. The van der Waals surface area contributed by atoms with Gasteiger partial charge in [0.1, 0.15) is 11.5 Å². The lowest BCUT2D eigenvalue weighted by Gasteiger charge is -2.11. The maximum absolute atomic E-state index is 12.0. The van der Waals surface area contributed by atoms with E-state index in [9.17, 15) is 9.90 Å². The number of nitrogens with zero attached hydrogens (tertiary/aromatic N) is 1. The van der Waals surface area contributed by atoms with E-state index in [2.05, 4.69) is 10.3 Å². The van der Waals surface area contributed by atoms with Gasteiger partial charge in [-0.15, -0.1) is 0 Å². The molecule has 98 valence electrons. The summed E-state index contributed by atoms with van der Waals surface area (Å²) in [4.78, 5) is 15.8. The summed E-state index contributed by atoms with van der Waals surface area (Å²) in [7, 11) is 0. The first kappa shape index (κ1) is 12.9. The molecular weight excluding hydrogens is 244 g/mol. The zero-order valence-electron chi connectivity index (χ0n) is 10.5. The highest BCUT2D eigenvalue weighted by Crippen LogP contribution is 2.25. The van der Waals surface area contributed by atoms with E-state index in [4.69, 9.17) is 4.74 Å². The van der Waals surface area contributed by atoms with Crippen molar-refractivity contribution >= 4 is 11.6 Å². The van der Waals surface area contributed by atoms with Gasteiger partial charge in [-0.3, -0.25) is 4.79 Å². The Balaban J connectivity index is 2.22. The SMILES string of the molecule is CCOc1ccccc1NC(=O)c1ncccc1O. The number of aromatic nitrogens is 1. The van der Waals surface area contributed by atoms with Crippen LogP contribution in [0.5, 0.6) is 11.5 Å². The minimum Gasteiger partial charge on any atom is -0.505 e. The molecule has 0 saturated carbocycles. The van der Waals surface area contributed by atoms with Crippen LogP contribution in [0, 0.1) is 0 Å². The second kappa shape index (κ2) is 5.86. The minimum absolute atomic E-state index is 0.0196. The summed E-state index contributed by atoms with van der Waals surface area (Å²) in [6.45, 7) is 2.37. The Morgan fingerprint density at radius 2 is 2.11 bits per heavy atom.